The maximum atomic E-state index is 13.4. The van der Waals surface area contributed by atoms with Crippen LogP contribution in [0.5, 0.6) is 0 Å². The van der Waals surface area contributed by atoms with Gasteiger partial charge in [0.2, 0.25) is 0 Å². The molecule has 0 saturated heterocycles. The molecule has 5 nitrogen and oxygen atoms in total. The van der Waals surface area contributed by atoms with E-state index in [1.54, 1.807) is 14.2 Å². The van der Waals surface area contributed by atoms with E-state index in [4.69, 9.17) is 4.42 Å². The summed E-state index contributed by atoms with van der Waals surface area (Å²) in [5, 5.41) is 2.18. The summed E-state index contributed by atoms with van der Waals surface area (Å²) in [4.78, 5) is 23.3. The molecule has 130 valence electrons. The summed E-state index contributed by atoms with van der Waals surface area (Å²) in [6.07, 6.45) is 0.963. The second-order valence-electron chi connectivity index (χ2n) is 4.71. The van der Waals surface area contributed by atoms with Crippen molar-refractivity contribution >= 4 is 5.91 Å². The molecule has 1 N–H and O–H groups in total. The molecule has 0 bridgehead atoms. The summed E-state index contributed by atoms with van der Waals surface area (Å²) in [5.41, 5.74) is -1.36. The fourth-order valence-corrected chi connectivity index (χ4v) is 1.68. The first-order valence-corrected chi connectivity index (χ1v) is 6.71. The van der Waals surface area contributed by atoms with Crippen molar-refractivity contribution in [1.29, 1.82) is 0 Å². The van der Waals surface area contributed by atoms with Gasteiger partial charge in [0.25, 0.3) is 5.91 Å². The Kier molecular flexibility index (Phi) is 7.19. The van der Waals surface area contributed by atoms with Crippen LogP contribution < -0.4 is 10.7 Å². The van der Waals surface area contributed by atoms with Crippen LogP contribution in [0.4, 0.5) is 13.2 Å². The van der Waals surface area contributed by atoms with Crippen molar-refractivity contribution in [3.05, 3.63) is 69.0 Å². The molecule has 1 aromatic carbocycles. The van der Waals surface area contributed by atoms with E-state index in [0.717, 1.165) is 12.3 Å². The Hall–Kier alpha value is -2.61. The Morgan fingerprint density at radius 2 is 1.71 bits per heavy atom. The minimum atomic E-state index is -1.12. The second-order valence-corrected chi connectivity index (χ2v) is 4.71. The maximum absolute atomic E-state index is 13.4. The number of hydrogen-bond acceptors (Lipinski definition) is 4. The zero-order valence-electron chi connectivity index (χ0n) is 13.3. The lowest BCUT2D eigenvalue weighted by molar-refractivity contribution is 0.0947. The topological polar surface area (TPSA) is 68.5 Å². The normalized spacial score (nSPS) is 9.92. The monoisotopic (exact) mass is 343 g/mol. The average Bonchev–Trinajstić information content (AvgIpc) is 2.46. The molecule has 0 saturated carbocycles. The molecule has 0 aliphatic carbocycles. The molecule has 0 unspecified atom stereocenters. The third kappa shape index (κ3) is 5.24. The Labute approximate surface area is 136 Å². The van der Waals surface area contributed by atoms with Gasteiger partial charge in [-0.2, -0.15) is 0 Å². The van der Waals surface area contributed by atoms with Crippen LogP contribution in [0.1, 0.15) is 21.7 Å². The Morgan fingerprint density at radius 3 is 2.21 bits per heavy atom. The van der Waals surface area contributed by atoms with Gasteiger partial charge in [-0.25, -0.2) is 13.2 Å². The number of hydrogen-bond donors (Lipinski definition) is 1. The largest absolute Gasteiger partial charge is 0.469 e. The summed E-state index contributed by atoms with van der Waals surface area (Å²) < 4.78 is 48.7. The van der Waals surface area contributed by atoms with Crippen molar-refractivity contribution in [2.24, 2.45) is 0 Å². The molecular formula is C16H16F3NO4. The molecule has 1 amide bonds. The Morgan fingerprint density at radius 1 is 1.17 bits per heavy atom. The van der Waals surface area contributed by atoms with Crippen molar-refractivity contribution in [3.8, 4) is 0 Å². The van der Waals surface area contributed by atoms with Crippen LogP contribution in [-0.2, 0) is 11.3 Å². The highest BCUT2D eigenvalue weighted by atomic mass is 19.1. The van der Waals surface area contributed by atoms with Crippen LogP contribution >= 0.6 is 0 Å². The van der Waals surface area contributed by atoms with Gasteiger partial charge in [0.05, 0.1) is 0 Å². The average molecular weight is 343 g/mol. The number of rotatable bonds is 3. The highest BCUT2D eigenvalue weighted by Gasteiger charge is 2.15. The first-order valence-electron chi connectivity index (χ1n) is 6.71. The molecular weight excluding hydrogens is 327 g/mol. The van der Waals surface area contributed by atoms with Gasteiger partial charge in [-0.3, -0.25) is 9.59 Å². The van der Waals surface area contributed by atoms with Crippen LogP contribution in [0.3, 0.4) is 0 Å². The number of aryl methyl sites for hydroxylation is 1. The van der Waals surface area contributed by atoms with Gasteiger partial charge in [-0.15, -0.1) is 0 Å². The van der Waals surface area contributed by atoms with Gasteiger partial charge in [0, 0.05) is 44.5 Å². The lowest BCUT2D eigenvalue weighted by atomic mass is 10.2. The first kappa shape index (κ1) is 19.4. The third-order valence-electron chi connectivity index (χ3n) is 2.74. The first-order chi connectivity index (χ1) is 11.3. The molecule has 8 heteroatoms. The Bertz CT molecular complexity index is 751. The lowest BCUT2D eigenvalue weighted by Gasteiger charge is -2.07. The van der Waals surface area contributed by atoms with Gasteiger partial charge >= 0.3 is 0 Å². The van der Waals surface area contributed by atoms with Crippen molar-refractivity contribution in [2.75, 3.05) is 14.2 Å². The van der Waals surface area contributed by atoms with Gasteiger partial charge in [0.1, 0.15) is 35.0 Å². The molecule has 0 spiro atoms. The third-order valence-corrected chi connectivity index (χ3v) is 2.74. The van der Waals surface area contributed by atoms with E-state index in [1.165, 1.54) is 6.92 Å². The van der Waals surface area contributed by atoms with Crippen molar-refractivity contribution in [2.45, 2.75) is 13.5 Å². The number of methoxy groups -OCH3 is 1. The SMILES string of the molecule is COC.Cc1cc(=O)c(C(=O)NCc2c(F)cc(F)cc2F)co1. The van der Waals surface area contributed by atoms with Gasteiger partial charge in [0.15, 0.2) is 5.43 Å². The van der Waals surface area contributed by atoms with E-state index in [1.807, 2.05) is 0 Å². The standard InChI is InChI=1S/C14H10F3NO3.C2H6O/c1-7-2-13(19)10(6-21-7)14(20)18-5-9-11(16)3-8(15)4-12(9)17;1-3-2/h2-4,6H,5H2,1H3,(H,18,20);1-2H3. The summed E-state index contributed by atoms with van der Waals surface area (Å²) in [5.74, 6) is -3.81. The molecule has 0 aliphatic rings. The van der Waals surface area contributed by atoms with E-state index in [9.17, 15) is 22.8 Å². The highest BCUT2D eigenvalue weighted by molar-refractivity contribution is 5.93. The van der Waals surface area contributed by atoms with E-state index in [-0.39, 0.29) is 5.56 Å². The molecule has 0 fully saturated rings. The van der Waals surface area contributed by atoms with Crippen LogP contribution in [0.25, 0.3) is 0 Å². The van der Waals surface area contributed by atoms with Crippen molar-refractivity contribution < 1.29 is 27.1 Å². The highest BCUT2D eigenvalue weighted by Crippen LogP contribution is 2.14. The van der Waals surface area contributed by atoms with E-state index in [0.29, 0.717) is 17.9 Å². The number of nitrogens with one attached hydrogen (secondary N) is 1. The number of ether oxygens (including phenoxy) is 1. The molecule has 0 aliphatic heterocycles. The summed E-state index contributed by atoms with van der Waals surface area (Å²) in [6.45, 7) is 1.01. The number of carbonyl (C=O) groups excluding carboxylic acids is 1. The van der Waals surface area contributed by atoms with Crippen LogP contribution in [0.15, 0.2) is 33.7 Å². The van der Waals surface area contributed by atoms with Crippen LogP contribution in [-0.4, -0.2) is 20.1 Å². The number of benzene rings is 1. The quantitative estimate of drug-likeness (QED) is 0.930. The lowest BCUT2D eigenvalue weighted by Crippen LogP contribution is -2.28. The van der Waals surface area contributed by atoms with Gasteiger partial charge in [-0.05, 0) is 6.92 Å². The zero-order valence-corrected chi connectivity index (χ0v) is 13.3. The molecule has 0 atom stereocenters. The van der Waals surface area contributed by atoms with E-state index in [2.05, 4.69) is 10.1 Å². The predicted molar refractivity (Wildman–Crippen MR) is 80.1 cm³/mol. The number of carbonyl (C=O) groups is 1. The molecule has 0 radical (unpaired) electrons. The fraction of sp³-hybridized carbons (Fsp3) is 0.250. The van der Waals surface area contributed by atoms with Crippen LogP contribution in [0.2, 0.25) is 0 Å². The molecule has 1 heterocycles. The summed E-state index contributed by atoms with van der Waals surface area (Å²) >= 11 is 0. The smallest absolute Gasteiger partial charge is 0.258 e. The summed E-state index contributed by atoms with van der Waals surface area (Å²) in [7, 11) is 3.25. The van der Waals surface area contributed by atoms with E-state index < -0.39 is 40.9 Å². The number of halogens is 3. The van der Waals surface area contributed by atoms with Crippen molar-refractivity contribution in [1.82, 2.24) is 5.32 Å². The zero-order chi connectivity index (χ0) is 18.3. The summed E-state index contributed by atoms with van der Waals surface area (Å²) in [6, 6.07) is 2.13. The minimum absolute atomic E-state index is 0.288. The van der Waals surface area contributed by atoms with Crippen molar-refractivity contribution in [3.63, 3.8) is 0 Å². The van der Waals surface area contributed by atoms with E-state index >= 15 is 0 Å². The fourth-order valence-electron chi connectivity index (χ4n) is 1.68. The van der Waals surface area contributed by atoms with Gasteiger partial charge in [-0.1, -0.05) is 0 Å². The minimum Gasteiger partial charge on any atom is -0.469 e. The predicted octanol–water partition coefficient (Wildman–Crippen LogP) is 2.56. The van der Waals surface area contributed by atoms with Crippen LogP contribution in [0, 0.1) is 24.4 Å². The molecule has 2 aromatic rings. The molecule has 2 rings (SSSR count). The molecule has 1 aromatic heterocycles. The van der Waals surface area contributed by atoms with Gasteiger partial charge < -0.3 is 14.5 Å². The second kappa shape index (κ2) is 8.88. The maximum Gasteiger partial charge on any atom is 0.258 e. The molecule has 24 heavy (non-hydrogen) atoms. The number of amides is 1. The Balaban J connectivity index is 0.000000891.